The van der Waals surface area contributed by atoms with Crippen LogP contribution in [0.2, 0.25) is 10.0 Å². The van der Waals surface area contributed by atoms with Crippen molar-refractivity contribution in [3.05, 3.63) is 81.0 Å². The second kappa shape index (κ2) is 8.57. The standard InChI is InChI=1S/C22H16BrCl2N3O/c1-29-15-7-5-13(6-8-15)11-26-22-18-10-14(23)9-17(21(18)27-12-28-22)16-3-2-4-19(24)20(16)25/h2-10,12H,11H2,1H3,(H,26,27,28). The molecule has 0 atom stereocenters. The minimum Gasteiger partial charge on any atom is -0.497 e. The maximum atomic E-state index is 6.47. The van der Waals surface area contributed by atoms with Crippen molar-refractivity contribution in [1.29, 1.82) is 0 Å². The lowest BCUT2D eigenvalue weighted by Gasteiger charge is -2.13. The summed E-state index contributed by atoms with van der Waals surface area (Å²) < 4.78 is 6.11. The quantitative estimate of drug-likeness (QED) is 0.329. The fraction of sp³-hybridized carbons (Fsp3) is 0.0909. The number of hydrogen-bond donors (Lipinski definition) is 1. The van der Waals surface area contributed by atoms with Gasteiger partial charge in [-0.15, -0.1) is 0 Å². The van der Waals surface area contributed by atoms with Crippen LogP contribution in [0.1, 0.15) is 5.56 Å². The van der Waals surface area contributed by atoms with E-state index >= 15 is 0 Å². The van der Waals surface area contributed by atoms with Crippen molar-refractivity contribution in [3.63, 3.8) is 0 Å². The van der Waals surface area contributed by atoms with Gasteiger partial charge in [-0.25, -0.2) is 9.97 Å². The van der Waals surface area contributed by atoms with E-state index in [0.717, 1.165) is 43.6 Å². The topological polar surface area (TPSA) is 47.0 Å². The third-order valence-electron chi connectivity index (χ3n) is 4.56. The predicted octanol–water partition coefficient (Wildman–Crippen LogP) is 6.99. The van der Waals surface area contributed by atoms with Gasteiger partial charge in [-0.05, 0) is 35.9 Å². The molecule has 1 heterocycles. The molecule has 146 valence electrons. The zero-order valence-electron chi connectivity index (χ0n) is 15.4. The van der Waals surface area contributed by atoms with Crippen LogP contribution in [0.4, 0.5) is 5.82 Å². The zero-order valence-corrected chi connectivity index (χ0v) is 18.5. The predicted molar refractivity (Wildman–Crippen MR) is 123 cm³/mol. The number of fused-ring (bicyclic) bond motifs is 1. The van der Waals surface area contributed by atoms with Crippen molar-refractivity contribution < 1.29 is 4.74 Å². The largest absolute Gasteiger partial charge is 0.497 e. The maximum absolute atomic E-state index is 6.47. The summed E-state index contributed by atoms with van der Waals surface area (Å²) in [6, 6.07) is 17.5. The van der Waals surface area contributed by atoms with Crippen molar-refractivity contribution in [2.24, 2.45) is 0 Å². The number of ether oxygens (including phenoxy) is 1. The van der Waals surface area contributed by atoms with Gasteiger partial charge in [0, 0.05) is 27.5 Å². The van der Waals surface area contributed by atoms with Gasteiger partial charge in [0.25, 0.3) is 0 Å². The Morgan fingerprint density at radius 1 is 1.00 bits per heavy atom. The van der Waals surface area contributed by atoms with Crippen LogP contribution in [0, 0.1) is 0 Å². The van der Waals surface area contributed by atoms with Crippen LogP contribution < -0.4 is 10.1 Å². The van der Waals surface area contributed by atoms with Crippen molar-refractivity contribution in [1.82, 2.24) is 9.97 Å². The van der Waals surface area contributed by atoms with E-state index < -0.39 is 0 Å². The molecular formula is C22H16BrCl2N3O. The molecule has 1 aromatic heterocycles. The Morgan fingerprint density at radius 3 is 2.55 bits per heavy atom. The van der Waals surface area contributed by atoms with Gasteiger partial charge < -0.3 is 10.1 Å². The van der Waals surface area contributed by atoms with Gasteiger partial charge in [-0.1, -0.05) is 63.4 Å². The molecule has 0 aliphatic carbocycles. The van der Waals surface area contributed by atoms with Crippen LogP contribution in [0.3, 0.4) is 0 Å². The molecule has 0 aliphatic heterocycles. The molecule has 0 saturated carbocycles. The molecule has 4 nitrogen and oxygen atoms in total. The molecular weight excluding hydrogens is 473 g/mol. The van der Waals surface area contributed by atoms with E-state index in [1.807, 2.05) is 48.5 Å². The van der Waals surface area contributed by atoms with E-state index in [2.05, 4.69) is 31.2 Å². The Kier molecular flexibility index (Phi) is 5.90. The number of halogens is 3. The number of nitrogens with one attached hydrogen (secondary N) is 1. The molecule has 0 bridgehead atoms. The zero-order chi connectivity index (χ0) is 20.4. The summed E-state index contributed by atoms with van der Waals surface area (Å²) in [4.78, 5) is 8.96. The average Bonchev–Trinajstić information content (AvgIpc) is 2.74. The highest BCUT2D eigenvalue weighted by Gasteiger charge is 2.14. The van der Waals surface area contributed by atoms with Gasteiger partial charge in [0.05, 0.1) is 22.7 Å². The monoisotopic (exact) mass is 487 g/mol. The van der Waals surface area contributed by atoms with Gasteiger partial charge in [0.1, 0.15) is 17.9 Å². The highest BCUT2D eigenvalue weighted by Crippen LogP contribution is 2.39. The minimum absolute atomic E-state index is 0.500. The lowest BCUT2D eigenvalue weighted by molar-refractivity contribution is 0.414. The minimum atomic E-state index is 0.500. The van der Waals surface area contributed by atoms with Gasteiger partial charge >= 0.3 is 0 Å². The molecule has 29 heavy (non-hydrogen) atoms. The van der Waals surface area contributed by atoms with E-state index in [9.17, 15) is 0 Å². The Bertz CT molecular complexity index is 1180. The Morgan fingerprint density at radius 2 is 1.79 bits per heavy atom. The van der Waals surface area contributed by atoms with Gasteiger partial charge in [-0.3, -0.25) is 0 Å². The molecule has 1 N–H and O–H groups in total. The summed E-state index contributed by atoms with van der Waals surface area (Å²) in [5.41, 5.74) is 3.62. The third-order valence-corrected chi connectivity index (χ3v) is 5.84. The molecule has 0 unspecified atom stereocenters. The van der Waals surface area contributed by atoms with Crippen molar-refractivity contribution in [2.45, 2.75) is 6.54 Å². The van der Waals surface area contributed by atoms with Crippen LogP contribution in [0.25, 0.3) is 22.0 Å². The number of hydrogen-bond acceptors (Lipinski definition) is 4. The van der Waals surface area contributed by atoms with Crippen LogP contribution in [-0.4, -0.2) is 17.1 Å². The highest BCUT2D eigenvalue weighted by atomic mass is 79.9. The normalized spacial score (nSPS) is 10.9. The molecule has 0 radical (unpaired) electrons. The van der Waals surface area contributed by atoms with Gasteiger partial charge in [-0.2, -0.15) is 0 Å². The van der Waals surface area contributed by atoms with E-state index in [1.54, 1.807) is 19.5 Å². The second-order valence-corrected chi connectivity index (χ2v) is 8.08. The maximum Gasteiger partial charge on any atom is 0.137 e. The summed E-state index contributed by atoms with van der Waals surface area (Å²) >= 11 is 16.3. The van der Waals surface area contributed by atoms with Crippen molar-refractivity contribution >= 4 is 55.9 Å². The summed E-state index contributed by atoms with van der Waals surface area (Å²) in [5, 5.41) is 5.30. The van der Waals surface area contributed by atoms with Crippen LogP contribution in [0.5, 0.6) is 5.75 Å². The van der Waals surface area contributed by atoms with Gasteiger partial charge in [0.2, 0.25) is 0 Å². The van der Waals surface area contributed by atoms with Crippen molar-refractivity contribution in [2.75, 3.05) is 12.4 Å². The number of aromatic nitrogens is 2. The fourth-order valence-electron chi connectivity index (χ4n) is 3.12. The summed E-state index contributed by atoms with van der Waals surface area (Å²) in [6.07, 6.45) is 1.55. The molecule has 0 fully saturated rings. The number of anilines is 1. The number of benzene rings is 3. The lowest BCUT2D eigenvalue weighted by atomic mass is 10.0. The van der Waals surface area contributed by atoms with Gasteiger partial charge in [0.15, 0.2) is 0 Å². The molecule has 4 rings (SSSR count). The fourth-order valence-corrected chi connectivity index (χ4v) is 3.98. The SMILES string of the molecule is COc1ccc(CNc2ncnc3c(-c4cccc(Cl)c4Cl)cc(Br)cc23)cc1. The number of methoxy groups -OCH3 is 1. The first-order valence-corrected chi connectivity index (χ1v) is 10.4. The van der Waals surface area contributed by atoms with E-state index in [0.29, 0.717) is 16.6 Å². The molecule has 0 aliphatic rings. The molecule has 0 saturated heterocycles. The lowest BCUT2D eigenvalue weighted by Crippen LogP contribution is -2.03. The van der Waals surface area contributed by atoms with E-state index in [1.165, 1.54) is 0 Å². The van der Waals surface area contributed by atoms with Crippen LogP contribution in [-0.2, 0) is 6.54 Å². The average molecular weight is 489 g/mol. The molecule has 0 amide bonds. The van der Waals surface area contributed by atoms with Crippen LogP contribution >= 0.6 is 39.1 Å². The second-order valence-electron chi connectivity index (χ2n) is 6.37. The van der Waals surface area contributed by atoms with Crippen LogP contribution in [0.15, 0.2) is 65.4 Å². The molecule has 4 aromatic rings. The smallest absolute Gasteiger partial charge is 0.137 e. The summed E-state index contributed by atoms with van der Waals surface area (Å²) in [5.74, 6) is 1.57. The Hall–Kier alpha value is -2.34. The van der Waals surface area contributed by atoms with Crippen molar-refractivity contribution in [3.8, 4) is 16.9 Å². The number of nitrogens with zero attached hydrogens (tertiary/aromatic N) is 2. The Labute approximate surface area is 187 Å². The molecule has 3 aromatic carbocycles. The van der Waals surface area contributed by atoms with E-state index in [4.69, 9.17) is 27.9 Å². The van der Waals surface area contributed by atoms with E-state index in [-0.39, 0.29) is 0 Å². The Balaban J connectivity index is 1.74. The highest BCUT2D eigenvalue weighted by molar-refractivity contribution is 9.10. The molecule has 7 heteroatoms. The molecule has 0 spiro atoms. The number of rotatable bonds is 5. The first-order chi connectivity index (χ1) is 14.1. The third kappa shape index (κ3) is 4.17. The first kappa shape index (κ1) is 20.0. The summed E-state index contributed by atoms with van der Waals surface area (Å²) in [6.45, 7) is 0.621. The first-order valence-electron chi connectivity index (χ1n) is 8.82. The summed E-state index contributed by atoms with van der Waals surface area (Å²) in [7, 11) is 1.65.